The summed E-state index contributed by atoms with van der Waals surface area (Å²) in [7, 11) is 0. The molecule has 3 N–H and O–H groups in total. The van der Waals surface area contributed by atoms with Gasteiger partial charge in [-0.15, -0.1) is 11.8 Å². The van der Waals surface area contributed by atoms with Crippen molar-refractivity contribution in [1.29, 1.82) is 0 Å². The van der Waals surface area contributed by atoms with Gasteiger partial charge in [0.2, 0.25) is 0 Å². The van der Waals surface area contributed by atoms with E-state index >= 15 is 0 Å². The maximum atomic E-state index is 13.5. The molecule has 23 atom stereocenters. The summed E-state index contributed by atoms with van der Waals surface area (Å²) in [4.78, 5) is 33.7. The number of piperidine rings is 2. The van der Waals surface area contributed by atoms with Gasteiger partial charge in [0, 0.05) is 36.1 Å². The van der Waals surface area contributed by atoms with Crippen molar-refractivity contribution in [3.63, 3.8) is 0 Å². The minimum atomic E-state index is -0.215. The summed E-state index contributed by atoms with van der Waals surface area (Å²) < 4.78 is 20.1. The molecule has 1 aromatic rings. The average molecular weight is 1200 g/mol. The number of halogens is 1. The fourth-order valence-corrected chi connectivity index (χ4v) is 23.7. The molecule has 0 bridgehead atoms. The molecule has 440 valence electrons. The number of carbonyl (C=O) groups excluding carboxylic acids is 2. The summed E-state index contributed by atoms with van der Waals surface area (Å²) in [5.41, 5.74) is 13.4. The number of allylic oxidation sites excluding steroid dienone is 2. The van der Waals surface area contributed by atoms with E-state index in [9.17, 15) is 9.59 Å². The number of nitrogens with zero attached hydrogens (tertiary/aromatic N) is 2. The minimum absolute atomic E-state index is 0.0297. The lowest BCUT2D eigenvalue weighted by Gasteiger charge is -2.55. The Balaban J connectivity index is 0.000000152. The third kappa shape index (κ3) is 10.2. The number of ether oxygens (including phenoxy) is 3. The molecule has 9 nitrogen and oxygen atoms in total. The Kier molecular flexibility index (Phi) is 16.3. The van der Waals surface area contributed by atoms with Gasteiger partial charge in [-0.2, -0.15) is 0 Å². The first-order chi connectivity index (χ1) is 38.1. The number of likely N-dealkylation sites (tertiary alicyclic amines) is 1. The molecule has 8 aliphatic carbocycles. The van der Waals surface area contributed by atoms with Gasteiger partial charge >= 0.3 is 6.09 Å². The number of benzene rings is 1. The summed E-state index contributed by atoms with van der Waals surface area (Å²) in [6.45, 7) is 25.7. The number of thioether (sulfide) groups is 1. The highest BCUT2D eigenvalue weighted by Gasteiger charge is 2.64. The lowest BCUT2D eigenvalue weighted by atomic mass is 9.52. The summed E-state index contributed by atoms with van der Waals surface area (Å²) in [5, 5.41) is 6.00. The Morgan fingerprint density at radius 2 is 1.40 bits per heavy atom. The number of aliphatic imine (C=N–C) groups is 1. The molecule has 80 heavy (non-hydrogen) atoms. The molecule has 2 spiro atoms. The maximum absolute atomic E-state index is 13.5. The van der Waals surface area contributed by atoms with Crippen molar-refractivity contribution >= 4 is 61.8 Å². The largest absolute Gasteiger partial charge is 0.445 e. The molecule has 0 radical (unpaired) electrons. The molecule has 10 fully saturated rings. The summed E-state index contributed by atoms with van der Waals surface area (Å²) in [6, 6.07) is 11.2. The second-order valence-electron chi connectivity index (χ2n) is 29.8. The Labute approximate surface area is 499 Å². The van der Waals surface area contributed by atoms with E-state index in [0.29, 0.717) is 70.6 Å². The molecule has 3 unspecified atom stereocenters. The van der Waals surface area contributed by atoms with Crippen LogP contribution in [0.1, 0.15) is 190 Å². The van der Waals surface area contributed by atoms with Crippen LogP contribution < -0.4 is 11.1 Å². The van der Waals surface area contributed by atoms with E-state index in [2.05, 4.69) is 108 Å². The third-order valence-electron chi connectivity index (χ3n) is 25.3. The molecule has 4 saturated heterocycles. The summed E-state index contributed by atoms with van der Waals surface area (Å²) in [5.74, 6) is 8.60. The number of ketones is 1. The first kappa shape index (κ1) is 58.3. The fraction of sp³-hybridized carbons (Fsp3) is 0.794. The van der Waals surface area contributed by atoms with Gasteiger partial charge < -0.3 is 30.2 Å². The quantitative estimate of drug-likeness (QED) is 0.170. The Bertz CT molecular complexity index is 2640. The van der Waals surface area contributed by atoms with E-state index in [1.807, 2.05) is 40.8 Å². The number of carbonyl (C=O) groups is 2. The highest BCUT2D eigenvalue weighted by Crippen LogP contribution is 2.68. The zero-order chi connectivity index (χ0) is 56.4. The summed E-state index contributed by atoms with van der Waals surface area (Å²) >= 11 is 10.2. The number of nitrogens with one attached hydrogen (secondary N) is 1. The van der Waals surface area contributed by atoms with Gasteiger partial charge in [0.25, 0.3) is 0 Å². The Morgan fingerprint density at radius 3 is 2.05 bits per heavy atom. The van der Waals surface area contributed by atoms with Gasteiger partial charge in [0.15, 0.2) is 0 Å². The SMILES string of the molecule is CC(N)=S.CC1=C2C[C@H]3[C@@H](CC[C@@H]4CC(=O)C(Br)C[C@@]43C)[C@@H]2CC[C@@]2(C1)O[C@@H]1C[C@H](C)CN(C(=O)OCc3ccccc3)[C@H]1[C@H]2C.CC1=NC2C[C@H]3CC[C@H]4[C@@H]5CC[C@@]6(CC(C)=C5C[C@@H]4[C@@]3(C)CC2S1)O[C@@H]1C[C@H](C)CN[C@H]1[C@H]6C. The molecule has 6 saturated carbocycles. The Morgan fingerprint density at radius 1 is 0.812 bits per heavy atom. The van der Waals surface area contributed by atoms with E-state index in [1.165, 1.54) is 95.1 Å². The predicted octanol–water partition coefficient (Wildman–Crippen LogP) is 15.0. The van der Waals surface area contributed by atoms with Crippen LogP contribution in [0.2, 0.25) is 0 Å². The molecule has 14 rings (SSSR count). The molecule has 1 aromatic carbocycles. The molecule has 13 aliphatic rings. The zero-order valence-corrected chi connectivity index (χ0v) is 53.6. The van der Waals surface area contributed by atoms with Crippen LogP contribution in [0.25, 0.3) is 0 Å². The second kappa shape index (κ2) is 22.3. The van der Waals surface area contributed by atoms with Gasteiger partial charge in [-0.1, -0.05) is 122 Å². The average Bonchev–Trinajstić information content (AvgIpc) is 4.37. The lowest BCUT2D eigenvalue weighted by molar-refractivity contribution is -0.128. The number of Topliss-reactive ketones (excluding diaryl/α,β-unsaturated/α-hetero) is 1. The first-order valence-electron chi connectivity index (χ1n) is 32.2. The van der Waals surface area contributed by atoms with E-state index in [1.54, 1.807) is 23.6 Å². The number of fused-ring (bicyclic) bond motifs is 13. The highest BCUT2D eigenvalue weighted by atomic mass is 79.9. The van der Waals surface area contributed by atoms with Crippen LogP contribution in [-0.2, 0) is 25.6 Å². The second-order valence-corrected chi connectivity index (χ2v) is 33.0. The third-order valence-corrected chi connectivity index (χ3v) is 27.4. The van der Waals surface area contributed by atoms with Crippen LogP contribution in [0, 0.1) is 81.8 Å². The first-order valence-corrected chi connectivity index (χ1v) is 34.4. The fourth-order valence-electron chi connectivity index (χ4n) is 21.4. The summed E-state index contributed by atoms with van der Waals surface area (Å²) in [6.07, 6.45) is 22.1. The number of nitrogens with two attached hydrogens (primary N) is 1. The molecular weight excluding hydrogens is 1100 g/mol. The smallest absolute Gasteiger partial charge is 0.410 e. The van der Waals surface area contributed by atoms with Gasteiger partial charge in [-0.3, -0.25) is 9.79 Å². The molecule has 1 amide bonds. The van der Waals surface area contributed by atoms with Crippen LogP contribution in [-0.4, -0.2) is 91.5 Å². The van der Waals surface area contributed by atoms with Gasteiger partial charge in [0.1, 0.15) is 12.4 Å². The number of alkyl halides is 1. The molecular formula is C68H99BrN4O5S2. The van der Waals surface area contributed by atoms with E-state index < -0.39 is 0 Å². The number of rotatable bonds is 2. The van der Waals surface area contributed by atoms with Crippen LogP contribution >= 0.6 is 39.9 Å². The minimum Gasteiger partial charge on any atom is -0.445 e. The topological polar surface area (TPSA) is 115 Å². The number of hydrogen-bond donors (Lipinski definition) is 2. The standard InChI is InChI=1S/C36H48BrNO4.C30H46N2OS.C2H5NS/c1-21-14-32-33(38(19-21)34(40)41-20-24-8-6-5-7-9-24)23(3)36(42-32)13-12-26-27-11-10-25-15-31(39)30(37)18-35(25,4)29(27)16-28(26)22(2)17-36;1-16-10-26-28(31-15-16)18(3)30(33-26)9-8-21-22-7-6-20-11-25-27(34-19(4)32-25)14-29(20,5)24(22)12-23(21)17(2)13-30;1-2(3)4/h5-9,21,23,25-27,29-30,32-33H,10-20H2,1-4H3;16,18,20-22,24-28,31H,6-15H2,1-5H3;1H3,(H2,3,4)/t21-,23+,25+,26-,27-,29-,30?,32+,33-,35-,36-;16-,18+,20+,21-,22-,24-,25?,26+,27?,28-,29-,30-;/m00./s1. The molecule has 5 heterocycles. The monoisotopic (exact) mass is 1190 g/mol. The highest BCUT2D eigenvalue weighted by molar-refractivity contribution is 9.10. The van der Waals surface area contributed by atoms with Crippen LogP contribution in [0.5, 0.6) is 0 Å². The molecule has 5 aliphatic heterocycles. The van der Waals surface area contributed by atoms with Crippen LogP contribution in [0.3, 0.4) is 0 Å². The number of thiocarbonyl (C=S) groups is 1. The Hall–Kier alpha value is -2.09. The van der Waals surface area contributed by atoms with E-state index in [0.717, 1.165) is 85.0 Å². The van der Waals surface area contributed by atoms with Crippen molar-refractivity contribution in [3.8, 4) is 0 Å². The van der Waals surface area contributed by atoms with Gasteiger partial charge in [-0.25, -0.2) is 4.79 Å². The zero-order valence-electron chi connectivity index (χ0n) is 50.4. The van der Waals surface area contributed by atoms with Crippen molar-refractivity contribution in [2.24, 2.45) is 92.6 Å². The van der Waals surface area contributed by atoms with Gasteiger partial charge in [-0.05, 0) is 219 Å². The number of amides is 1. The van der Waals surface area contributed by atoms with Gasteiger partial charge in [0.05, 0.1) is 50.4 Å². The van der Waals surface area contributed by atoms with Crippen molar-refractivity contribution in [2.75, 3.05) is 13.1 Å². The number of hydrogen-bond acceptors (Lipinski definition) is 9. The van der Waals surface area contributed by atoms with Crippen molar-refractivity contribution < 1.29 is 23.8 Å². The van der Waals surface area contributed by atoms with Crippen LogP contribution in [0.4, 0.5) is 4.79 Å². The normalized spacial score (nSPS) is 47.7. The van der Waals surface area contributed by atoms with E-state index in [-0.39, 0.29) is 45.6 Å². The van der Waals surface area contributed by atoms with Crippen molar-refractivity contribution in [1.82, 2.24) is 10.2 Å². The lowest BCUT2D eigenvalue weighted by Crippen LogP contribution is -2.54. The van der Waals surface area contributed by atoms with E-state index in [4.69, 9.17) is 24.9 Å². The maximum Gasteiger partial charge on any atom is 0.410 e. The predicted molar refractivity (Wildman–Crippen MR) is 332 cm³/mol. The van der Waals surface area contributed by atoms with Crippen LogP contribution in [0.15, 0.2) is 57.6 Å². The van der Waals surface area contributed by atoms with Crippen molar-refractivity contribution in [3.05, 3.63) is 58.2 Å². The molecule has 12 heteroatoms. The molecule has 0 aromatic heterocycles. The van der Waals surface area contributed by atoms with Crippen molar-refractivity contribution in [2.45, 2.75) is 243 Å².